The summed E-state index contributed by atoms with van der Waals surface area (Å²) in [5, 5.41) is 3.25. The molecule has 0 saturated heterocycles. The highest BCUT2D eigenvalue weighted by atomic mass is 16.5. The van der Waals surface area contributed by atoms with Crippen LogP contribution in [0.4, 0.5) is 0 Å². The van der Waals surface area contributed by atoms with Crippen molar-refractivity contribution in [2.24, 2.45) is 0 Å². The smallest absolute Gasteiger partial charge is 0.134 e. The lowest BCUT2D eigenvalue weighted by molar-refractivity contribution is -0.118. The topological polar surface area (TPSA) is 38.3 Å². The van der Waals surface area contributed by atoms with Gasteiger partial charge >= 0.3 is 0 Å². The van der Waals surface area contributed by atoms with Crippen molar-refractivity contribution < 1.29 is 9.53 Å². The summed E-state index contributed by atoms with van der Waals surface area (Å²) in [5.74, 6) is 1.17. The molecule has 0 radical (unpaired) electrons. The minimum absolute atomic E-state index is 0.318. The van der Waals surface area contributed by atoms with Gasteiger partial charge in [-0.2, -0.15) is 0 Å². The molecule has 0 bridgehead atoms. The van der Waals surface area contributed by atoms with Gasteiger partial charge in [-0.3, -0.25) is 4.79 Å². The summed E-state index contributed by atoms with van der Waals surface area (Å²) < 4.78 is 5.10. The van der Waals surface area contributed by atoms with Crippen LogP contribution in [-0.4, -0.2) is 25.5 Å². The van der Waals surface area contributed by atoms with E-state index >= 15 is 0 Å². The van der Waals surface area contributed by atoms with E-state index in [1.54, 1.807) is 7.11 Å². The number of aryl methyl sites for hydroxylation is 1. The third-order valence-corrected chi connectivity index (χ3v) is 2.81. The first-order valence-corrected chi connectivity index (χ1v) is 6.50. The fraction of sp³-hybridized carbons (Fsp3) is 0.533. The Morgan fingerprint density at radius 3 is 2.44 bits per heavy atom. The molecular weight excluding hydrogens is 226 g/mol. The van der Waals surface area contributed by atoms with Gasteiger partial charge in [0, 0.05) is 25.4 Å². The summed E-state index contributed by atoms with van der Waals surface area (Å²) in [6.07, 6.45) is 2.05. The molecule has 100 valence electrons. The second-order valence-electron chi connectivity index (χ2n) is 4.75. The normalized spacial score (nSPS) is 10.7. The molecule has 0 aliphatic heterocycles. The Morgan fingerprint density at radius 1 is 1.22 bits per heavy atom. The first-order chi connectivity index (χ1) is 8.61. The SMILES string of the molecule is COc1ccc(CCC(=O)CCNC(C)C)cc1. The molecule has 0 aliphatic rings. The van der Waals surface area contributed by atoms with Gasteiger partial charge in [-0.25, -0.2) is 0 Å². The fourth-order valence-electron chi connectivity index (χ4n) is 1.70. The molecule has 0 unspecified atom stereocenters. The maximum atomic E-state index is 11.7. The van der Waals surface area contributed by atoms with E-state index in [-0.39, 0.29) is 0 Å². The van der Waals surface area contributed by atoms with Gasteiger partial charge in [0.05, 0.1) is 7.11 Å². The Balaban J connectivity index is 2.24. The van der Waals surface area contributed by atoms with E-state index in [1.807, 2.05) is 24.3 Å². The maximum absolute atomic E-state index is 11.7. The van der Waals surface area contributed by atoms with E-state index in [9.17, 15) is 4.79 Å². The third kappa shape index (κ3) is 5.82. The number of carbonyl (C=O) groups is 1. The number of ketones is 1. The Morgan fingerprint density at radius 2 is 1.89 bits per heavy atom. The summed E-state index contributed by atoms with van der Waals surface area (Å²) in [7, 11) is 1.65. The van der Waals surface area contributed by atoms with E-state index in [0.29, 0.717) is 24.7 Å². The highest BCUT2D eigenvalue weighted by molar-refractivity contribution is 5.78. The number of Topliss-reactive ketones (excluding diaryl/α,β-unsaturated/α-hetero) is 1. The fourth-order valence-corrected chi connectivity index (χ4v) is 1.70. The quantitative estimate of drug-likeness (QED) is 0.769. The second-order valence-corrected chi connectivity index (χ2v) is 4.75. The zero-order chi connectivity index (χ0) is 13.4. The molecule has 0 amide bonds. The lowest BCUT2D eigenvalue weighted by Crippen LogP contribution is -2.25. The first kappa shape index (κ1) is 14.7. The highest BCUT2D eigenvalue weighted by Crippen LogP contribution is 2.12. The summed E-state index contributed by atoms with van der Waals surface area (Å²) in [5.41, 5.74) is 1.18. The Bertz CT molecular complexity index is 357. The lowest BCUT2D eigenvalue weighted by atomic mass is 10.1. The predicted molar refractivity (Wildman–Crippen MR) is 74.1 cm³/mol. The molecule has 3 nitrogen and oxygen atoms in total. The van der Waals surface area contributed by atoms with E-state index < -0.39 is 0 Å². The summed E-state index contributed by atoms with van der Waals surface area (Å²) in [4.78, 5) is 11.7. The number of carbonyl (C=O) groups excluding carboxylic acids is 1. The predicted octanol–water partition coefficient (Wildman–Crippen LogP) is 2.59. The monoisotopic (exact) mass is 249 g/mol. The van der Waals surface area contributed by atoms with E-state index in [4.69, 9.17) is 4.74 Å². The Hall–Kier alpha value is -1.35. The van der Waals surface area contributed by atoms with Crippen molar-refractivity contribution in [3.05, 3.63) is 29.8 Å². The van der Waals surface area contributed by atoms with Gasteiger partial charge in [-0.15, -0.1) is 0 Å². The van der Waals surface area contributed by atoms with Gasteiger partial charge in [0.25, 0.3) is 0 Å². The molecule has 0 saturated carbocycles. The number of ether oxygens (including phenoxy) is 1. The number of hydrogen-bond acceptors (Lipinski definition) is 3. The average molecular weight is 249 g/mol. The number of nitrogens with one attached hydrogen (secondary N) is 1. The number of rotatable bonds is 8. The van der Waals surface area contributed by atoms with E-state index in [1.165, 1.54) is 5.56 Å². The van der Waals surface area contributed by atoms with Crippen LogP contribution in [0.3, 0.4) is 0 Å². The molecule has 1 rings (SSSR count). The van der Waals surface area contributed by atoms with Crippen molar-refractivity contribution in [2.75, 3.05) is 13.7 Å². The molecule has 18 heavy (non-hydrogen) atoms. The van der Waals surface area contributed by atoms with Gasteiger partial charge in [-0.1, -0.05) is 26.0 Å². The van der Waals surface area contributed by atoms with Crippen LogP contribution in [0, 0.1) is 0 Å². The molecule has 0 aliphatic carbocycles. The summed E-state index contributed by atoms with van der Waals surface area (Å²) >= 11 is 0. The van der Waals surface area contributed by atoms with Crippen molar-refractivity contribution in [2.45, 2.75) is 39.2 Å². The molecule has 0 fully saturated rings. The largest absolute Gasteiger partial charge is 0.497 e. The zero-order valence-electron chi connectivity index (χ0n) is 11.5. The Labute approximate surface area is 110 Å². The minimum atomic E-state index is 0.318. The average Bonchev–Trinajstić information content (AvgIpc) is 2.36. The van der Waals surface area contributed by atoms with Crippen molar-refractivity contribution in [3.63, 3.8) is 0 Å². The van der Waals surface area contributed by atoms with Crippen molar-refractivity contribution in [3.8, 4) is 5.75 Å². The second kappa shape index (κ2) is 7.88. The number of benzene rings is 1. The molecule has 1 N–H and O–H groups in total. The van der Waals surface area contributed by atoms with Crippen LogP contribution in [-0.2, 0) is 11.2 Å². The van der Waals surface area contributed by atoms with Gasteiger partial charge in [-0.05, 0) is 24.1 Å². The highest BCUT2D eigenvalue weighted by Gasteiger charge is 2.03. The molecular formula is C15H23NO2. The van der Waals surface area contributed by atoms with Crippen molar-refractivity contribution >= 4 is 5.78 Å². The van der Waals surface area contributed by atoms with E-state index in [2.05, 4.69) is 19.2 Å². The van der Waals surface area contributed by atoms with E-state index in [0.717, 1.165) is 18.7 Å². The third-order valence-electron chi connectivity index (χ3n) is 2.81. The van der Waals surface area contributed by atoms with Gasteiger partial charge in [0.2, 0.25) is 0 Å². The number of hydrogen-bond donors (Lipinski definition) is 1. The van der Waals surface area contributed by atoms with Crippen molar-refractivity contribution in [1.29, 1.82) is 0 Å². The summed E-state index contributed by atoms with van der Waals surface area (Å²) in [6.45, 7) is 4.95. The molecule has 1 aromatic rings. The van der Waals surface area contributed by atoms with Crippen molar-refractivity contribution in [1.82, 2.24) is 5.32 Å². The van der Waals surface area contributed by atoms with Gasteiger partial charge in [0.15, 0.2) is 0 Å². The van der Waals surface area contributed by atoms with Crippen LogP contribution in [0.15, 0.2) is 24.3 Å². The summed E-state index contributed by atoms with van der Waals surface area (Å²) in [6, 6.07) is 8.33. The van der Waals surface area contributed by atoms with Crippen LogP contribution < -0.4 is 10.1 Å². The maximum Gasteiger partial charge on any atom is 0.134 e. The minimum Gasteiger partial charge on any atom is -0.497 e. The standard InChI is InChI=1S/C15H23NO2/c1-12(2)16-11-10-14(17)7-4-13-5-8-15(18-3)9-6-13/h5-6,8-9,12,16H,4,7,10-11H2,1-3H3. The van der Waals surface area contributed by atoms with Gasteiger partial charge in [0.1, 0.15) is 11.5 Å². The molecule has 0 atom stereocenters. The van der Waals surface area contributed by atoms with Crippen LogP contribution in [0.2, 0.25) is 0 Å². The van der Waals surface area contributed by atoms with Crippen LogP contribution in [0.1, 0.15) is 32.3 Å². The molecule has 0 spiro atoms. The molecule has 0 aromatic heterocycles. The van der Waals surface area contributed by atoms with Crippen LogP contribution in [0.5, 0.6) is 5.75 Å². The van der Waals surface area contributed by atoms with Crippen LogP contribution >= 0.6 is 0 Å². The molecule has 0 heterocycles. The Kier molecular flexibility index (Phi) is 6.44. The van der Waals surface area contributed by atoms with Gasteiger partial charge < -0.3 is 10.1 Å². The molecule has 1 aromatic carbocycles. The van der Waals surface area contributed by atoms with Crippen LogP contribution in [0.25, 0.3) is 0 Å². The molecule has 3 heteroatoms. The number of methoxy groups -OCH3 is 1. The lowest BCUT2D eigenvalue weighted by Gasteiger charge is -2.07. The zero-order valence-corrected chi connectivity index (χ0v) is 11.5. The first-order valence-electron chi connectivity index (χ1n) is 6.50.